The summed E-state index contributed by atoms with van der Waals surface area (Å²) in [6.45, 7) is 5.23. The Bertz CT molecular complexity index is 268. The smallest absolute Gasteiger partial charge is 0.241 e. The second-order valence-corrected chi connectivity index (χ2v) is 3.63. The van der Waals surface area contributed by atoms with Crippen molar-refractivity contribution in [1.29, 1.82) is 0 Å². The third-order valence-corrected chi connectivity index (χ3v) is 1.82. The molecular formula is C9H16N4O. The van der Waals surface area contributed by atoms with Crippen LogP contribution in [0.15, 0.2) is 12.7 Å². The Morgan fingerprint density at radius 3 is 2.93 bits per heavy atom. The van der Waals surface area contributed by atoms with Crippen molar-refractivity contribution in [3.63, 3.8) is 0 Å². The minimum atomic E-state index is -0.0175. The molecular weight excluding hydrogens is 180 g/mol. The molecule has 78 valence electrons. The molecule has 1 aromatic heterocycles. The highest BCUT2D eigenvalue weighted by molar-refractivity contribution is 5.75. The number of nitrogens with zero attached hydrogens (tertiary/aromatic N) is 3. The van der Waals surface area contributed by atoms with Crippen molar-refractivity contribution in [3.05, 3.63) is 12.7 Å². The number of carbonyl (C=O) groups is 1. The SMILES string of the molecule is CC(C)CCNC(=O)Cn1cncn1. The van der Waals surface area contributed by atoms with Crippen LogP contribution in [0.25, 0.3) is 0 Å². The highest BCUT2D eigenvalue weighted by atomic mass is 16.2. The minimum Gasteiger partial charge on any atom is -0.354 e. The monoisotopic (exact) mass is 196 g/mol. The molecule has 0 unspecified atom stereocenters. The Morgan fingerprint density at radius 1 is 1.57 bits per heavy atom. The van der Waals surface area contributed by atoms with Crippen molar-refractivity contribution in [1.82, 2.24) is 20.1 Å². The first kappa shape index (κ1) is 10.7. The summed E-state index contributed by atoms with van der Waals surface area (Å²) in [6, 6.07) is 0. The van der Waals surface area contributed by atoms with Crippen LogP contribution in [0.5, 0.6) is 0 Å². The fraction of sp³-hybridized carbons (Fsp3) is 0.667. The number of aromatic nitrogens is 3. The number of hydrogen-bond donors (Lipinski definition) is 1. The van der Waals surface area contributed by atoms with Gasteiger partial charge in [0.1, 0.15) is 19.2 Å². The first-order chi connectivity index (χ1) is 6.68. The zero-order chi connectivity index (χ0) is 10.4. The van der Waals surface area contributed by atoms with Crippen molar-refractivity contribution in [2.45, 2.75) is 26.8 Å². The lowest BCUT2D eigenvalue weighted by Gasteiger charge is -2.06. The van der Waals surface area contributed by atoms with E-state index in [4.69, 9.17) is 0 Å². The van der Waals surface area contributed by atoms with Crippen molar-refractivity contribution in [2.75, 3.05) is 6.54 Å². The molecule has 5 heteroatoms. The highest BCUT2D eigenvalue weighted by Gasteiger charge is 2.02. The minimum absolute atomic E-state index is 0.0175. The lowest BCUT2D eigenvalue weighted by molar-refractivity contribution is -0.121. The van der Waals surface area contributed by atoms with Gasteiger partial charge in [-0.25, -0.2) is 9.67 Å². The van der Waals surface area contributed by atoms with Gasteiger partial charge in [0.05, 0.1) is 0 Å². The van der Waals surface area contributed by atoms with Gasteiger partial charge in [0, 0.05) is 6.54 Å². The van der Waals surface area contributed by atoms with Gasteiger partial charge in [0.15, 0.2) is 0 Å². The van der Waals surface area contributed by atoms with Crippen LogP contribution in [0.4, 0.5) is 0 Å². The molecule has 1 amide bonds. The van der Waals surface area contributed by atoms with E-state index in [0.29, 0.717) is 5.92 Å². The molecule has 0 aliphatic rings. The summed E-state index contributed by atoms with van der Waals surface area (Å²) >= 11 is 0. The molecule has 0 atom stereocenters. The molecule has 0 radical (unpaired) electrons. The molecule has 1 aromatic rings. The maximum atomic E-state index is 11.3. The molecule has 0 saturated heterocycles. The first-order valence-corrected chi connectivity index (χ1v) is 4.77. The van der Waals surface area contributed by atoms with Crippen LogP contribution in [0.3, 0.4) is 0 Å². The second kappa shape index (κ2) is 5.36. The summed E-state index contributed by atoms with van der Waals surface area (Å²) in [7, 11) is 0. The van der Waals surface area contributed by atoms with E-state index >= 15 is 0 Å². The van der Waals surface area contributed by atoms with E-state index < -0.39 is 0 Å². The Hall–Kier alpha value is -1.39. The molecule has 1 heterocycles. The van der Waals surface area contributed by atoms with Crippen molar-refractivity contribution >= 4 is 5.91 Å². The van der Waals surface area contributed by atoms with Gasteiger partial charge in [-0.1, -0.05) is 13.8 Å². The van der Waals surface area contributed by atoms with Crippen LogP contribution in [-0.4, -0.2) is 27.2 Å². The van der Waals surface area contributed by atoms with E-state index in [1.165, 1.54) is 17.3 Å². The summed E-state index contributed by atoms with van der Waals surface area (Å²) in [5, 5.41) is 6.67. The van der Waals surface area contributed by atoms with Crippen LogP contribution in [0.2, 0.25) is 0 Å². The Balaban J connectivity index is 2.17. The average Bonchev–Trinajstić information content (AvgIpc) is 2.56. The first-order valence-electron chi connectivity index (χ1n) is 4.77. The summed E-state index contributed by atoms with van der Waals surface area (Å²) in [4.78, 5) is 15.0. The van der Waals surface area contributed by atoms with E-state index in [-0.39, 0.29) is 12.5 Å². The van der Waals surface area contributed by atoms with Crippen molar-refractivity contribution in [2.24, 2.45) is 5.92 Å². The normalized spacial score (nSPS) is 10.5. The Kier molecular flexibility index (Phi) is 4.10. The van der Waals surface area contributed by atoms with Gasteiger partial charge in [0.2, 0.25) is 5.91 Å². The standard InChI is InChI=1S/C9H16N4O/c1-8(2)3-4-11-9(14)5-13-7-10-6-12-13/h6-8H,3-5H2,1-2H3,(H,11,14). The van der Waals surface area contributed by atoms with Crippen LogP contribution in [-0.2, 0) is 11.3 Å². The van der Waals surface area contributed by atoms with Gasteiger partial charge in [-0.3, -0.25) is 4.79 Å². The predicted octanol–water partition coefficient (Wildman–Crippen LogP) is 0.440. The van der Waals surface area contributed by atoms with Gasteiger partial charge in [-0.15, -0.1) is 0 Å². The summed E-state index contributed by atoms with van der Waals surface area (Å²) in [6.07, 6.45) is 3.95. The maximum Gasteiger partial charge on any atom is 0.241 e. The molecule has 1 rings (SSSR count). The van der Waals surface area contributed by atoms with E-state index in [9.17, 15) is 4.79 Å². The zero-order valence-corrected chi connectivity index (χ0v) is 8.60. The number of amides is 1. The van der Waals surface area contributed by atoms with Crippen LogP contribution >= 0.6 is 0 Å². The predicted molar refractivity (Wildman–Crippen MR) is 52.5 cm³/mol. The third-order valence-electron chi connectivity index (χ3n) is 1.82. The molecule has 5 nitrogen and oxygen atoms in total. The topological polar surface area (TPSA) is 59.8 Å². The van der Waals surface area contributed by atoms with Crippen molar-refractivity contribution < 1.29 is 4.79 Å². The largest absolute Gasteiger partial charge is 0.354 e. The number of nitrogens with one attached hydrogen (secondary N) is 1. The fourth-order valence-electron chi connectivity index (χ4n) is 1.02. The van der Waals surface area contributed by atoms with Gasteiger partial charge in [0.25, 0.3) is 0 Å². The van der Waals surface area contributed by atoms with Gasteiger partial charge in [-0.05, 0) is 12.3 Å². The van der Waals surface area contributed by atoms with E-state index in [2.05, 4.69) is 29.2 Å². The van der Waals surface area contributed by atoms with Gasteiger partial charge in [-0.2, -0.15) is 5.10 Å². The lowest BCUT2D eigenvalue weighted by Crippen LogP contribution is -2.29. The number of rotatable bonds is 5. The summed E-state index contributed by atoms with van der Waals surface area (Å²) < 4.78 is 1.50. The number of carbonyl (C=O) groups excluding carboxylic acids is 1. The zero-order valence-electron chi connectivity index (χ0n) is 8.60. The molecule has 0 aromatic carbocycles. The Morgan fingerprint density at radius 2 is 2.36 bits per heavy atom. The fourth-order valence-corrected chi connectivity index (χ4v) is 1.02. The van der Waals surface area contributed by atoms with E-state index in [1.54, 1.807) is 0 Å². The van der Waals surface area contributed by atoms with Gasteiger partial charge >= 0.3 is 0 Å². The van der Waals surface area contributed by atoms with Gasteiger partial charge < -0.3 is 5.32 Å². The average molecular weight is 196 g/mol. The maximum absolute atomic E-state index is 11.3. The quantitative estimate of drug-likeness (QED) is 0.743. The summed E-state index contributed by atoms with van der Waals surface area (Å²) in [5.41, 5.74) is 0. The van der Waals surface area contributed by atoms with E-state index in [1.807, 2.05) is 0 Å². The molecule has 0 aliphatic heterocycles. The molecule has 0 fully saturated rings. The molecule has 0 spiro atoms. The molecule has 0 aliphatic carbocycles. The number of hydrogen-bond acceptors (Lipinski definition) is 3. The van der Waals surface area contributed by atoms with Crippen LogP contribution < -0.4 is 5.32 Å². The van der Waals surface area contributed by atoms with Crippen LogP contribution in [0.1, 0.15) is 20.3 Å². The third kappa shape index (κ3) is 4.02. The second-order valence-electron chi connectivity index (χ2n) is 3.63. The highest BCUT2D eigenvalue weighted by Crippen LogP contribution is 1.96. The van der Waals surface area contributed by atoms with Crippen LogP contribution in [0, 0.1) is 5.92 Å². The molecule has 0 bridgehead atoms. The van der Waals surface area contributed by atoms with E-state index in [0.717, 1.165) is 13.0 Å². The molecule has 14 heavy (non-hydrogen) atoms. The lowest BCUT2D eigenvalue weighted by atomic mass is 10.1. The molecule has 0 saturated carbocycles. The molecule has 1 N–H and O–H groups in total. The van der Waals surface area contributed by atoms with Crippen molar-refractivity contribution in [3.8, 4) is 0 Å². The Labute approximate surface area is 83.5 Å². The summed E-state index contributed by atoms with van der Waals surface area (Å²) in [5.74, 6) is 0.595.